The molecule has 1 aromatic heterocycles. The normalized spacial score (nSPS) is 11.8. The summed E-state index contributed by atoms with van der Waals surface area (Å²) in [4.78, 5) is 27.6. The third-order valence-corrected chi connectivity index (χ3v) is 5.61. The van der Waals surface area contributed by atoms with Crippen LogP contribution in [0.3, 0.4) is 0 Å². The summed E-state index contributed by atoms with van der Waals surface area (Å²) >= 11 is 1.61. The molecular formula is C22H21NO4S. The third-order valence-electron chi connectivity index (χ3n) is 4.43. The molecule has 0 spiro atoms. The van der Waals surface area contributed by atoms with Crippen molar-refractivity contribution in [1.82, 2.24) is 4.98 Å². The molecule has 5 nitrogen and oxygen atoms in total. The Morgan fingerprint density at radius 2 is 1.82 bits per heavy atom. The Hall–Kier alpha value is -2.99. The summed E-state index contributed by atoms with van der Waals surface area (Å²) in [7, 11) is 0. The molecule has 0 fully saturated rings. The first-order valence-corrected chi connectivity index (χ1v) is 9.71. The highest BCUT2D eigenvalue weighted by Crippen LogP contribution is 2.29. The predicted molar refractivity (Wildman–Crippen MR) is 109 cm³/mol. The van der Waals surface area contributed by atoms with Gasteiger partial charge in [-0.25, -0.2) is 4.98 Å². The minimum absolute atomic E-state index is 0.217. The Kier molecular flexibility index (Phi) is 6.21. The van der Waals surface area contributed by atoms with Gasteiger partial charge in [0, 0.05) is 5.56 Å². The van der Waals surface area contributed by atoms with E-state index in [2.05, 4.69) is 36.2 Å². The molecule has 28 heavy (non-hydrogen) atoms. The van der Waals surface area contributed by atoms with Crippen LogP contribution < -0.4 is 4.74 Å². The first-order chi connectivity index (χ1) is 13.5. The van der Waals surface area contributed by atoms with Crippen LogP contribution in [0, 0.1) is 13.8 Å². The van der Waals surface area contributed by atoms with Crippen LogP contribution in [-0.2, 0) is 16.2 Å². The molecule has 0 saturated carbocycles. The summed E-state index contributed by atoms with van der Waals surface area (Å²) in [5.41, 5.74) is 3.91. The van der Waals surface area contributed by atoms with Gasteiger partial charge in [-0.05, 0) is 31.5 Å². The molecule has 0 aliphatic carbocycles. The molecule has 0 amide bonds. The number of nitrogens with zero attached hydrogens (tertiary/aromatic N) is 1. The van der Waals surface area contributed by atoms with Gasteiger partial charge in [0.1, 0.15) is 23.7 Å². The number of aldehydes is 1. The second kappa shape index (κ2) is 8.80. The van der Waals surface area contributed by atoms with Crippen LogP contribution in [0.15, 0.2) is 48.5 Å². The zero-order chi connectivity index (χ0) is 20.1. The predicted octanol–water partition coefficient (Wildman–Crippen LogP) is 4.76. The topological polar surface area (TPSA) is 76.5 Å². The fourth-order valence-electron chi connectivity index (χ4n) is 2.77. The number of hydrogen-bond acceptors (Lipinski definition) is 5. The number of carboxylic acid groups (broad SMARTS) is 1. The van der Waals surface area contributed by atoms with Crippen LogP contribution in [0.4, 0.5) is 0 Å². The number of carboxylic acids is 1. The molecule has 2 aromatic carbocycles. The summed E-state index contributed by atoms with van der Waals surface area (Å²) < 4.78 is 5.86. The summed E-state index contributed by atoms with van der Waals surface area (Å²) in [5.74, 6) is -0.983. The zero-order valence-electron chi connectivity index (χ0n) is 15.7. The number of carbonyl (C=O) groups excluding carboxylic acids is 1. The minimum atomic E-state index is -0.998. The molecule has 1 atom stereocenters. The molecule has 0 radical (unpaired) electrons. The molecule has 0 bridgehead atoms. The van der Waals surface area contributed by atoms with Crippen molar-refractivity contribution in [2.24, 2.45) is 0 Å². The Balaban J connectivity index is 1.66. The number of benzene rings is 2. The van der Waals surface area contributed by atoms with E-state index < -0.39 is 11.9 Å². The monoisotopic (exact) mass is 395 g/mol. The highest BCUT2D eigenvalue weighted by molar-refractivity contribution is 7.15. The number of aliphatic carboxylic acids is 1. The van der Waals surface area contributed by atoms with Gasteiger partial charge in [-0.2, -0.15) is 0 Å². The molecule has 1 unspecified atom stereocenters. The van der Waals surface area contributed by atoms with E-state index in [4.69, 9.17) is 9.84 Å². The molecular weight excluding hydrogens is 374 g/mol. The maximum absolute atomic E-state index is 11.1. The van der Waals surface area contributed by atoms with Crippen molar-refractivity contribution >= 4 is 23.6 Å². The summed E-state index contributed by atoms with van der Waals surface area (Å²) in [5, 5.41) is 9.84. The Morgan fingerprint density at radius 1 is 1.14 bits per heavy atom. The standard InChI is InChI=1S/C22H21NO4S/c1-14-3-5-17(6-4-14)22-23-15(2)20(28-22)13-27-19-9-7-16(8-10-19)18(12-24)11-21(25)26/h3-10,12,18H,11,13H2,1-2H3,(H,25,26). The number of hydrogen-bond donors (Lipinski definition) is 1. The number of aromatic nitrogens is 1. The van der Waals surface area contributed by atoms with Gasteiger partial charge in [0.05, 0.1) is 22.9 Å². The number of rotatable bonds is 8. The van der Waals surface area contributed by atoms with Gasteiger partial charge in [0.2, 0.25) is 0 Å². The third kappa shape index (κ3) is 4.84. The van der Waals surface area contributed by atoms with Crippen molar-refractivity contribution in [3.8, 4) is 16.3 Å². The van der Waals surface area contributed by atoms with E-state index in [0.717, 1.165) is 21.1 Å². The zero-order valence-corrected chi connectivity index (χ0v) is 16.5. The van der Waals surface area contributed by atoms with Crippen molar-refractivity contribution in [3.63, 3.8) is 0 Å². The van der Waals surface area contributed by atoms with Crippen LogP contribution in [0.1, 0.15) is 34.0 Å². The average Bonchev–Trinajstić information content (AvgIpc) is 3.06. The number of carbonyl (C=O) groups is 2. The lowest BCUT2D eigenvalue weighted by molar-refractivity contribution is -0.138. The van der Waals surface area contributed by atoms with E-state index in [1.807, 2.05) is 6.92 Å². The van der Waals surface area contributed by atoms with Crippen LogP contribution >= 0.6 is 11.3 Å². The number of thiazole rings is 1. The van der Waals surface area contributed by atoms with E-state index in [0.29, 0.717) is 24.2 Å². The molecule has 6 heteroatoms. The highest BCUT2D eigenvalue weighted by Gasteiger charge is 2.15. The maximum atomic E-state index is 11.1. The van der Waals surface area contributed by atoms with Gasteiger partial charge in [-0.3, -0.25) is 4.79 Å². The Bertz CT molecular complexity index is 961. The van der Waals surface area contributed by atoms with E-state index in [1.165, 1.54) is 5.56 Å². The second-order valence-corrected chi connectivity index (χ2v) is 7.68. The number of ether oxygens (including phenoxy) is 1. The lowest BCUT2D eigenvalue weighted by Crippen LogP contribution is -2.07. The van der Waals surface area contributed by atoms with Crippen molar-refractivity contribution < 1.29 is 19.4 Å². The molecule has 0 aliphatic heterocycles. The van der Waals surface area contributed by atoms with E-state index >= 15 is 0 Å². The molecule has 1 N–H and O–H groups in total. The van der Waals surface area contributed by atoms with Gasteiger partial charge in [-0.15, -0.1) is 11.3 Å². The van der Waals surface area contributed by atoms with Gasteiger partial charge in [0.25, 0.3) is 0 Å². The maximum Gasteiger partial charge on any atom is 0.304 e. The van der Waals surface area contributed by atoms with Gasteiger partial charge >= 0.3 is 5.97 Å². The average molecular weight is 395 g/mol. The van der Waals surface area contributed by atoms with E-state index in [-0.39, 0.29) is 6.42 Å². The van der Waals surface area contributed by atoms with Crippen LogP contribution in [-0.4, -0.2) is 22.3 Å². The molecule has 0 saturated heterocycles. The van der Waals surface area contributed by atoms with Gasteiger partial charge in [-0.1, -0.05) is 42.0 Å². The van der Waals surface area contributed by atoms with Crippen molar-refractivity contribution in [3.05, 3.63) is 70.2 Å². The summed E-state index contributed by atoms with van der Waals surface area (Å²) in [6.45, 7) is 4.43. The largest absolute Gasteiger partial charge is 0.488 e. The van der Waals surface area contributed by atoms with Crippen molar-refractivity contribution in [2.45, 2.75) is 32.8 Å². The van der Waals surface area contributed by atoms with E-state index in [1.54, 1.807) is 35.6 Å². The number of aryl methyl sites for hydroxylation is 2. The lowest BCUT2D eigenvalue weighted by atomic mass is 9.97. The van der Waals surface area contributed by atoms with Crippen LogP contribution in [0.25, 0.3) is 10.6 Å². The fraction of sp³-hybridized carbons (Fsp3) is 0.227. The van der Waals surface area contributed by atoms with Crippen molar-refractivity contribution in [2.75, 3.05) is 0 Å². The molecule has 144 valence electrons. The highest BCUT2D eigenvalue weighted by atomic mass is 32.1. The quantitative estimate of drug-likeness (QED) is 0.556. The summed E-state index contributed by atoms with van der Waals surface area (Å²) in [6.07, 6.45) is 0.447. The molecule has 1 heterocycles. The smallest absolute Gasteiger partial charge is 0.304 e. The van der Waals surface area contributed by atoms with E-state index in [9.17, 15) is 9.59 Å². The van der Waals surface area contributed by atoms with Crippen LogP contribution in [0.2, 0.25) is 0 Å². The van der Waals surface area contributed by atoms with Gasteiger partial charge in [0.15, 0.2) is 0 Å². The van der Waals surface area contributed by atoms with Crippen LogP contribution in [0.5, 0.6) is 5.75 Å². The molecule has 0 aliphatic rings. The lowest BCUT2D eigenvalue weighted by Gasteiger charge is -2.10. The first-order valence-electron chi connectivity index (χ1n) is 8.89. The molecule has 3 rings (SSSR count). The minimum Gasteiger partial charge on any atom is -0.488 e. The Labute approximate surface area is 167 Å². The first kappa shape index (κ1) is 19.8. The second-order valence-electron chi connectivity index (χ2n) is 6.59. The Morgan fingerprint density at radius 3 is 2.43 bits per heavy atom. The fourth-order valence-corrected chi connectivity index (χ4v) is 3.76. The van der Waals surface area contributed by atoms with Gasteiger partial charge < -0.3 is 14.6 Å². The SMILES string of the molecule is Cc1ccc(-c2nc(C)c(COc3ccc(C(C=O)CC(=O)O)cc3)s2)cc1. The molecule has 3 aromatic rings. The van der Waals surface area contributed by atoms with Crippen molar-refractivity contribution in [1.29, 1.82) is 0 Å². The summed E-state index contributed by atoms with van der Waals surface area (Å²) in [6, 6.07) is 15.2.